The summed E-state index contributed by atoms with van der Waals surface area (Å²) in [5, 5.41) is 10.9. The maximum absolute atomic E-state index is 2.87. The zero-order valence-corrected chi connectivity index (χ0v) is 36.0. The molecule has 0 atom stereocenters. The summed E-state index contributed by atoms with van der Waals surface area (Å²) in [5.74, 6) is 0. The summed E-state index contributed by atoms with van der Waals surface area (Å²) in [6.45, 7) is 9.78. The summed E-state index contributed by atoms with van der Waals surface area (Å²) in [4.78, 5) is 0. The quantitative estimate of drug-likeness (QED) is 0.117. The second-order valence-electron chi connectivity index (χ2n) is 17.9. The highest BCUT2D eigenvalue weighted by molar-refractivity contribution is 7.26. The maximum Gasteiger partial charge on any atom is 0.179 e. The smallest absolute Gasteiger partial charge is 0.179 e. The van der Waals surface area contributed by atoms with Crippen molar-refractivity contribution in [2.75, 3.05) is 0 Å². The fraction of sp³-hybridized carbons (Fsp3) is 0.143. The lowest BCUT2D eigenvalue weighted by Gasteiger charge is -2.43. The Hall–Kier alpha value is -6.00. The molecule has 0 amide bonds. The molecule has 0 unspecified atom stereocenters. The third kappa shape index (κ3) is 5.48. The van der Waals surface area contributed by atoms with E-state index in [0.717, 1.165) is 0 Å². The molecule has 0 N–H and O–H groups in total. The van der Waals surface area contributed by atoms with Crippen molar-refractivity contribution in [1.82, 2.24) is 4.57 Å². The number of para-hydroxylation sites is 1. The molecule has 2 aromatic heterocycles. The molecule has 3 heteroatoms. The van der Waals surface area contributed by atoms with Crippen molar-refractivity contribution in [3.05, 3.63) is 199 Å². The Morgan fingerprint density at radius 3 is 1.76 bits per heavy atom. The van der Waals surface area contributed by atoms with Crippen LogP contribution in [0.3, 0.4) is 0 Å². The summed E-state index contributed by atoms with van der Waals surface area (Å²) < 4.78 is 5.20. The van der Waals surface area contributed by atoms with Crippen molar-refractivity contribution < 1.29 is 0 Å². The molecule has 0 fully saturated rings. The summed E-state index contributed by atoms with van der Waals surface area (Å²) >= 11 is 1.90. The number of hydrogen-bond donors (Lipinski definition) is 0. The molecule has 1 aliphatic carbocycles. The maximum atomic E-state index is 2.64. The van der Waals surface area contributed by atoms with Crippen LogP contribution in [0.4, 0.5) is 0 Å². The first-order valence-corrected chi connectivity index (χ1v) is 23.9. The minimum absolute atomic E-state index is 0.0943. The van der Waals surface area contributed by atoms with Gasteiger partial charge in [0.25, 0.3) is 0 Å². The molecular weight excluding hydrogens is 747 g/mol. The summed E-state index contributed by atoms with van der Waals surface area (Å²) in [7, 11) is -2.87. The minimum Gasteiger partial charge on any atom is -0.309 e. The van der Waals surface area contributed by atoms with Gasteiger partial charge in [-0.15, -0.1) is 11.3 Å². The molecule has 1 aliphatic rings. The number of aromatic nitrogens is 1. The normalized spacial score (nSPS) is 14.9. The number of nitrogens with zero attached hydrogens (tertiary/aromatic N) is 1. The Bertz CT molecular complexity index is 3180. The van der Waals surface area contributed by atoms with E-state index in [-0.39, 0.29) is 10.8 Å². The van der Waals surface area contributed by atoms with E-state index in [9.17, 15) is 0 Å². The minimum atomic E-state index is -2.87. The van der Waals surface area contributed by atoms with Gasteiger partial charge in [-0.25, -0.2) is 0 Å². The van der Waals surface area contributed by atoms with Crippen LogP contribution in [0.15, 0.2) is 188 Å². The predicted octanol–water partition coefficient (Wildman–Crippen LogP) is 12.5. The van der Waals surface area contributed by atoms with E-state index in [1.165, 1.54) is 104 Å². The van der Waals surface area contributed by atoms with Crippen LogP contribution in [-0.4, -0.2) is 12.6 Å². The van der Waals surface area contributed by atoms with E-state index >= 15 is 0 Å². The first-order chi connectivity index (χ1) is 28.8. The van der Waals surface area contributed by atoms with Gasteiger partial charge in [0.1, 0.15) is 0 Å². The van der Waals surface area contributed by atoms with Crippen LogP contribution in [0.25, 0.3) is 58.8 Å². The van der Waals surface area contributed by atoms with Crippen molar-refractivity contribution in [3.63, 3.8) is 0 Å². The average molecular weight is 794 g/mol. The van der Waals surface area contributed by atoms with Gasteiger partial charge in [-0.2, -0.15) is 0 Å². The second kappa shape index (κ2) is 13.5. The van der Waals surface area contributed by atoms with Crippen LogP contribution < -0.4 is 20.7 Å². The number of rotatable bonds is 6. The highest BCUT2D eigenvalue weighted by atomic mass is 32.1. The Morgan fingerprint density at radius 1 is 0.441 bits per heavy atom. The van der Waals surface area contributed by atoms with Crippen molar-refractivity contribution in [2.24, 2.45) is 0 Å². The number of thiophene rings is 1. The number of benzene rings is 8. The molecule has 59 heavy (non-hydrogen) atoms. The van der Waals surface area contributed by atoms with E-state index in [4.69, 9.17) is 0 Å². The third-order valence-electron chi connectivity index (χ3n) is 13.6. The topological polar surface area (TPSA) is 4.93 Å². The lowest BCUT2D eigenvalue weighted by atomic mass is 9.63. The Balaban J connectivity index is 1.19. The Kier molecular flexibility index (Phi) is 8.28. The second-order valence-corrected chi connectivity index (χ2v) is 22.8. The average Bonchev–Trinajstić information content (AvgIpc) is 3.83. The van der Waals surface area contributed by atoms with Gasteiger partial charge in [-0.1, -0.05) is 185 Å². The molecule has 8 aromatic carbocycles. The van der Waals surface area contributed by atoms with Crippen molar-refractivity contribution in [3.8, 4) is 16.8 Å². The molecule has 0 saturated carbocycles. The van der Waals surface area contributed by atoms with Gasteiger partial charge in [0.15, 0.2) is 8.07 Å². The predicted molar refractivity (Wildman–Crippen MR) is 258 cm³/mol. The number of hydrogen-bond acceptors (Lipinski definition) is 1. The van der Waals surface area contributed by atoms with Crippen LogP contribution >= 0.6 is 11.3 Å². The SMILES string of the molecule is CC1(C)CCC(C)(C)c2cc([Si](c3ccccc3)(c3ccccc3)c3cccc(-n4c5ccccc5c5c(-c6cccc7c6sc6ccccc67)cccc54)c3)ccc21. The highest BCUT2D eigenvalue weighted by Crippen LogP contribution is 2.46. The van der Waals surface area contributed by atoms with Crippen molar-refractivity contribution >= 4 is 82.1 Å². The van der Waals surface area contributed by atoms with Crippen LogP contribution in [0.1, 0.15) is 51.7 Å². The van der Waals surface area contributed by atoms with Crippen molar-refractivity contribution in [1.29, 1.82) is 0 Å². The molecule has 0 bridgehead atoms. The lowest BCUT2D eigenvalue weighted by molar-refractivity contribution is 0.332. The van der Waals surface area contributed by atoms with Gasteiger partial charge < -0.3 is 4.57 Å². The van der Waals surface area contributed by atoms with Crippen LogP contribution in [0, 0.1) is 0 Å². The summed E-state index contributed by atoms with van der Waals surface area (Å²) in [6.07, 6.45) is 2.39. The van der Waals surface area contributed by atoms with Gasteiger partial charge >= 0.3 is 0 Å². The van der Waals surface area contributed by atoms with Crippen molar-refractivity contribution in [2.45, 2.75) is 51.4 Å². The zero-order chi connectivity index (χ0) is 39.9. The molecule has 0 spiro atoms. The number of fused-ring (bicyclic) bond motifs is 7. The van der Waals surface area contributed by atoms with Crippen LogP contribution in [0.2, 0.25) is 0 Å². The summed E-state index contributed by atoms with van der Waals surface area (Å²) in [6, 6.07) is 71.6. The van der Waals surface area contributed by atoms with E-state index in [1.807, 2.05) is 11.3 Å². The molecule has 11 rings (SSSR count). The Morgan fingerprint density at radius 2 is 1.00 bits per heavy atom. The molecular formula is C56H47NSSi. The van der Waals surface area contributed by atoms with Gasteiger partial charge in [-0.05, 0) is 91.4 Å². The van der Waals surface area contributed by atoms with Crippen LogP contribution in [0.5, 0.6) is 0 Å². The first-order valence-electron chi connectivity index (χ1n) is 21.1. The van der Waals surface area contributed by atoms with Gasteiger partial charge in [0.2, 0.25) is 0 Å². The summed E-state index contributed by atoms with van der Waals surface area (Å²) in [5.41, 5.74) is 9.46. The molecule has 0 radical (unpaired) electrons. The van der Waals surface area contributed by atoms with Gasteiger partial charge in [0, 0.05) is 42.2 Å². The molecule has 286 valence electrons. The molecule has 2 heterocycles. The monoisotopic (exact) mass is 793 g/mol. The van der Waals surface area contributed by atoms with E-state index in [0.29, 0.717) is 0 Å². The van der Waals surface area contributed by atoms with Crippen LogP contribution in [-0.2, 0) is 10.8 Å². The van der Waals surface area contributed by atoms with E-state index < -0.39 is 8.07 Å². The fourth-order valence-electron chi connectivity index (χ4n) is 10.6. The lowest BCUT2D eigenvalue weighted by Crippen LogP contribution is -2.75. The molecule has 0 saturated heterocycles. The standard InChI is InChI=1S/C56H47NSSi/c1-55(2)34-35-56(3,4)49-37-42(32-33-48(49)55)59(39-19-7-5-8-20-39,40-21-9-6-10-22-40)41-23-15-18-38(36-41)57-50-29-13-11-25-47(50)53-44(26-17-30-51(53)57)46-28-16-27-45-43-24-12-14-31-52(43)58-54(45)46/h5-33,36-37H,34-35H2,1-4H3. The van der Waals surface area contributed by atoms with Gasteiger partial charge in [0.05, 0.1) is 11.0 Å². The third-order valence-corrected chi connectivity index (χ3v) is 19.6. The first kappa shape index (κ1) is 36.1. The fourth-order valence-corrected chi connectivity index (χ4v) is 16.6. The van der Waals surface area contributed by atoms with E-state index in [2.05, 4.69) is 220 Å². The zero-order valence-electron chi connectivity index (χ0n) is 34.2. The molecule has 0 aliphatic heterocycles. The molecule has 1 nitrogen and oxygen atoms in total. The molecule has 10 aromatic rings. The van der Waals surface area contributed by atoms with Gasteiger partial charge in [-0.3, -0.25) is 0 Å². The highest BCUT2D eigenvalue weighted by Gasteiger charge is 2.44. The Labute approximate surface area is 352 Å². The van der Waals surface area contributed by atoms with E-state index in [1.54, 1.807) is 0 Å². The largest absolute Gasteiger partial charge is 0.309 e.